The standard InChI is InChI=1S/C14H13BrN4/c1-19(9-10-3-2-4-12(15)5-10)14-13(17)6-11(7-16)8-18-14/h2-6,8H,9,17H2,1H3. The molecular formula is C14H13BrN4. The van der Waals surface area contributed by atoms with E-state index in [0.29, 0.717) is 23.6 Å². The van der Waals surface area contributed by atoms with Crippen LogP contribution < -0.4 is 10.6 Å². The highest BCUT2D eigenvalue weighted by molar-refractivity contribution is 9.10. The lowest BCUT2D eigenvalue weighted by Crippen LogP contribution is -2.19. The third kappa shape index (κ3) is 3.24. The Hall–Kier alpha value is -2.06. The number of nitriles is 1. The maximum absolute atomic E-state index is 8.79. The van der Waals surface area contributed by atoms with Crippen LogP contribution in [0.5, 0.6) is 0 Å². The van der Waals surface area contributed by atoms with Crippen molar-refractivity contribution in [2.24, 2.45) is 0 Å². The van der Waals surface area contributed by atoms with Crippen molar-refractivity contribution in [3.8, 4) is 6.07 Å². The monoisotopic (exact) mass is 316 g/mol. The number of nitrogens with zero attached hydrogens (tertiary/aromatic N) is 3. The van der Waals surface area contributed by atoms with Crippen molar-refractivity contribution in [2.45, 2.75) is 6.54 Å². The largest absolute Gasteiger partial charge is 0.396 e. The highest BCUT2D eigenvalue weighted by Gasteiger charge is 2.08. The van der Waals surface area contributed by atoms with Gasteiger partial charge in [0.05, 0.1) is 11.3 Å². The molecule has 0 unspecified atom stereocenters. The molecule has 0 aliphatic rings. The van der Waals surface area contributed by atoms with E-state index in [1.54, 1.807) is 6.07 Å². The van der Waals surface area contributed by atoms with Gasteiger partial charge in [-0.05, 0) is 23.8 Å². The SMILES string of the molecule is CN(Cc1cccc(Br)c1)c1ncc(C#N)cc1N. The highest BCUT2D eigenvalue weighted by Crippen LogP contribution is 2.22. The van der Waals surface area contributed by atoms with E-state index in [9.17, 15) is 0 Å². The molecule has 0 aliphatic carbocycles. The van der Waals surface area contributed by atoms with Gasteiger partial charge in [0.1, 0.15) is 6.07 Å². The van der Waals surface area contributed by atoms with Crippen LogP contribution in [0.15, 0.2) is 41.0 Å². The number of rotatable bonds is 3. The summed E-state index contributed by atoms with van der Waals surface area (Å²) in [5.41, 5.74) is 8.05. The van der Waals surface area contributed by atoms with Crippen molar-refractivity contribution in [1.82, 2.24) is 4.98 Å². The zero-order valence-corrected chi connectivity index (χ0v) is 12.1. The van der Waals surface area contributed by atoms with Gasteiger partial charge in [0.15, 0.2) is 5.82 Å². The summed E-state index contributed by atoms with van der Waals surface area (Å²) in [7, 11) is 1.92. The third-order valence-electron chi connectivity index (χ3n) is 2.69. The molecule has 0 saturated carbocycles. The Morgan fingerprint density at radius 1 is 1.42 bits per heavy atom. The van der Waals surface area contributed by atoms with E-state index in [0.717, 1.165) is 10.0 Å². The summed E-state index contributed by atoms with van der Waals surface area (Å²) in [6.45, 7) is 0.697. The molecule has 0 saturated heterocycles. The van der Waals surface area contributed by atoms with Crippen LogP contribution >= 0.6 is 15.9 Å². The molecule has 0 fully saturated rings. The fourth-order valence-electron chi connectivity index (χ4n) is 1.84. The molecule has 0 bridgehead atoms. The van der Waals surface area contributed by atoms with Gasteiger partial charge in [-0.3, -0.25) is 0 Å². The normalized spacial score (nSPS) is 9.95. The van der Waals surface area contributed by atoms with Crippen LogP contribution in [0, 0.1) is 11.3 Å². The van der Waals surface area contributed by atoms with E-state index in [1.165, 1.54) is 6.20 Å². The van der Waals surface area contributed by atoms with Gasteiger partial charge in [-0.15, -0.1) is 0 Å². The van der Waals surface area contributed by atoms with E-state index in [2.05, 4.69) is 27.0 Å². The van der Waals surface area contributed by atoms with Gasteiger partial charge >= 0.3 is 0 Å². The number of anilines is 2. The van der Waals surface area contributed by atoms with E-state index in [1.807, 2.05) is 36.2 Å². The second kappa shape index (κ2) is 5.72. The van der Waals surface area contributed by atoms with Crippen molar-refractivity contribution in [3.05, 3.63) is 52.1 Å². The summed E-state index contributed by atoms with van der Waals surface area (Å²) in [5, 5.41) is 8.79. The molecule has 0 atom stereocenters. The fraction of sp³-hybridized carbons (Fsp3) is 0.143. The van der Waals surface area contributed by atoms with Crippen LogP contribution in [-0.4, -0.2) is 12.0 Å². The molecule has 2 aromatic rings. The van der Waals surface area contributed by atoms with Gasteiger partial charge in [0.2, 0.25) is 0 Å². The van der Waals surface area contributed by atoms with Gasteiger partial charge in [-0.1, -0.05) is 28.1 Å². The number of hydrogen-bond acceptors (Lipinski definition) is 4. The molecule has 96 valence electrons. The minimum atomic E-state index is 0.470. The molecule has 1 heterocycles. The zero-order valence-electron chi connectivity index (χ0n) is 10.5. The molecule has 1 aromatic carbocycles. The molecule has 0 spiro atoms. The predicted molar refractivity (Wildman–Crippen MR) is 79.6 cm³/mol. The van der Waals surface area contributed by atoms with Crippen LogP contribution in [0.4, 0.5) is 11.5 Å². The van der Waals surface area contributed by atoms with Crippen LogP contribution in [0.3, 0.4) is 0 Å². The number of aromatic nitrogens is 1. The lowest BCUT2D eigenvalue weighted by molar-refractivity contribution is 0.899. The third-order valence-corrected chi connectivity index (χ3v) is 3.19. The average molecular weight is 317 g/mol. The summed E-state index contributed by atoms with van der Waals surface area (Å²) >= 11 is 3.45. The summed E-state index contributed by atoms with van der Waals surface area (Å²) in [6, 6.07) is 11.7. The zero-order chi connectivity index (χ0) is 13.8. The molecule has 0 amide bonds. The molecule has 2 N–H and O–H groups in total. The van der Waals surface area contributed by atoms with Gasteiger partial charge in [0.25, 0.3) is 0 Å². The first-order valence-electron chi connectivity index (χ1n) is 5.71. The van der Waals surface area contributed by atoms with E-state index < -0.39 is 0 Å². The van der Waals surface area contributed by atoms with Crippen molar-refractivity contribution >= 4 is 27.4 Å². The Bertz CT molecular complexity index is 634. The number of nitrogens with two attached hydrogens (primary N) is 1. The first-order valence-corrected chi connectivity index (χ1v) is 6.50. The lowest BCUT2D eigenvalue weighted by atomic mass is 10.2. The highest BCUT2D eigenvalue weighted by atomic mass is 79.9. The summed E-state index contributed by atoms with van der Waals surface area (Å²) in [4.78, 5) is 6.19. The number of halogens is 1. The molecule has 2 rings (SSSR count). The molecule has 4 nitrogen and oxygen atoms in total. The van der Waals surface area contributed by atoms with Crippen molar-refractivity contribution in [1.29, 1.82) is 5.26 Å². The first-order chi connectivity index (χ1) is 9.10. The van der Waals surface area contributed by atoms with Gasteiger partial charge < -0.3 is 10.6 Å². The van der Waals surface area contributed by atoms with Crippen molar-refractivity contribution in [3.63, 3.8) is 0 Å². The van der Waals surface area contributed by atoms with Crippen LogP contribution in [0.25, 0.3) is 0 Å². The summed E-state index contributed by atoms with van der Waals surface area (Å²) in [5.74, 6) is 0.680. The van der Waals surface area contributed by atoms with Crippen molar-refractivity contribution in [2.75, 3.05) is 17.7 Å². The Balaban J connectivity index is 2.21. The van der Waals surface area contributed by atoms with Gasteiger partial charge in [-0.2, -0.15) is 5.26 Å². The fourth-order valence-corrected chi connectivity index (χ4v) is 2.29. The Morgan fingerprint density at radius 2 is 2.21 bits per heavy atom. The molecule has 1 aromatic heterocycles. The summed E-state index contributed by atoms with van der Waals surface area (Å²) < 4.78 is 1.04. The van der Waals surface area contributed by atoms with Crippen LogP contribution in [0.1, 0.15) is 11.1 Å². The molecule has 5 heteroatoms. The molecule has 0 radical (unpaired) electrons. The number of pyridine rings is 1. The molecule has 0 aliphatic heterocycles. The number of benzene rings is 1. The summed E-state index contributed by atoms with van der Waals surface area (Å²) in [6.07, 6.45) is 1.53. The Kier molecular flexibility index (Phi) is 4.03. The molecular weight excluding hydrogens is 304 g/mol. The first kappa shape index (κ1) is 13.4. The topological polar surface area (TPSA) is 65.9 Å². The van der Waals surface area contributed by atoms with Gasteiger partial charge in [-0.25, -0.2) is 4.98 Å². The van der Waals surface area contributed by atoms with Crippen LogP contribution in [0.2, 0.25) is 0 Å². The number of hydrogen-bond donors (Lipinski definition) is 1. The smallest absolute Gasteiger partial charge is 0.151 e. The second-order valence-corrected chi connectivity index (χ2v) is 5.15. The van der Waals surface area contributed by atoms with E-state index >= 15 is 0 Å². The minimum Gasteiger partial charge on any atom is -0.396 e. The second-order valence-electron chi connectivity index (χ2n) is 4.23. The van der Waals surface area contributed by atoms with E-state index in [-0.39, 0.29) is 0 Å². The van der Waals surface area contributed by atoms with E-state index in [4.69, 9.17) is 11.0 Å². The van der Waals surface area contributed by atoms with Gasteiger partial charge in [0, 0.05) is 24.3 Å². The Morgan fingerprint density at radius 3 is 2.84 bits per heavy atom. The molecule has 19 heavy (non-hydrogen) atoms. The maximum Gasteiger partial charge on any atom is 0.151 e. The predicted octanol–water partition coefficient (Wildman–Crippen LogP) is 2.93. The number of nitrogen functional groups attached to an aromatic ring is 1. The van der Waals surface area contributed by atoms with Crippen LogP contribution in [-0.2, 0) is 6.54 Å². The maximum atomic E-state index is 8.79. The average Bonchev–Trinajstić information content (AvgIpc) is 2.38. The van der Waals surface area contributed by atoms with Crippen molar-refractivity contribution < 1.29 is 0 Å². The lowest BCUT2D eigenvalue weighted by Gasteiger charge is -2.20. The quantitative estimate of drug-likeness (QED) is 0.945. The Labute approximate surface area is 120 Å². The minimum absolute atomic E-state index is 0.470.